The SMILES string of the molecule is NCC(=O)OO.[Zr+2]. The Hall–Kier alpha value is 0.273. The first-order valence-corrected chi connectivity index (χ1v) is 1.35. The maximum atomic E-state index is 9.58. The molecule has 0 saturated heterocycles. The summed E-state index contributed by atoms with van der Waals surface area (Å²) in [5.74, 6) is -0.824. The molecule has 0 aromatic rings. The zero-order valence-electron chi connectivity index (χ0n) is 3.55. The van der Waals surface area contributed by atoms with Gasteiger partial charge in [0.15, 0.2) is 0 Å². The maximum absolute atomic E-state index is 9.58. The summed E-state index contributed by atoms with van der Waals surface area (Å²) in [6.45, 7) is -0.281. The van der Waals surface area contributed by atoms with Gasteiger partial charge in [0.25, 0.3) is 0 Å². The summed E-state index contributed by atoms with van der Waals surface area (Å²) in [6.07, 6.45) is 0. The van der Waals surface area contributed by atoms with Gasteiger partial charge in [-0.05, 0) is 0 Å². The van der Waals surface area contributed by atoms with E-state index in [4.69, 9.17) is 5.26 Å². The molecule has 38 valence electrons. The second kappa shape index (κ2) is 6.27. The molecule has 0 aliphatic heterocycles. The first-order valence-electron chi connectivity index (χ1n) is 1.35. The van der Waals surface area contributed by atoms with Crippen molar-refractivity contribution in [1.29, 1.82) is 0 Å². The molecular weight excluding hydrogens is 177 g/mol. The smallest absolute Gasteiger partial charge is 0.321 e. The second-order valence-corrected chi connectivity index (χ2v) is 0.667. The Bertz CT molecular complexity index is 50.9. The van der Waals surface area contributed by atoms with Gasteiger partial charge in [0.05, 0.1) is 6.54 Å². The van der Waals surface area contributed by atoms with Crippen molar-refractivity contribution >= 4 is 5.97 Å². The van der Waals surface area contributed by atoms with Crippen LogP contribution in [0, 0.1) is 0 Å². The van der Waals surface area contributed by atoms with Crippen molar-refractivity contribution in [1.82, 2.24) is 0 Å². The molecule has 3 N–H and O–H groups in total. The van der Waals surface area contributed by atoms with Crippen LogP contribution in [0.5, 0.6) is 0 Å². The Labute approximate surface area is 59.7 Å². The van der Waals surface area contributed by atoms with Crippen molar-refractivity contribution in [3.05, 3.63) is 0 Å². The molecule has 4 nitrogen and oxygen atoms in total. The van der Waals surface area contributed by atoms with Crippen LogP contribution >= 0.6 is 0 Å². The van der Waals surface area contributed by atoms with Gasteiger partial charge in [-0.3, -0.25) is 4.89 Å². The van der Waals surface area contributed by atoms with E-state index in [0.717, 1.165) is 0 Å². The monoisotopic (exact) mass is 181 g/mol. The molecule has 0 fully saturated rings. The van der Waals surface area contributed by atoms with Crippen LogP contribution in [0.4, 0.5) is 0 Å². The molecule has 0 radical (unpaired) electrons. The van der Waals surface area contributed by atoms with E-state index < -0.39 is 5.97 Å². The molecule has 0 saturated carbocycles. The third kappa shape index (κ3) is 6.27. The van der Waals surface area contributed by atoms with Gasteiger partial charge in [-0.2, -0.15) is 5.26 Å². The van der Waals surface area contributed by atoms with Crippen molar-refractivity contribution in [2.24, 2.45) is 5.73 Å². The van der Waals surface area contributed by atoms with Crippen LogP contribution in [0.3, 0.4) is 0 Å². The van der Waals surface area contributed by atoms with Gasteiger partial charge in [0.1, 0.15) is 0 Å². The molecule has 0 aliphatic carbocycles. The molecule has 0 atom stereocenters. The number of carbonyl (C=O) groups excluding carboxylic acids is 1. The fourth-order valence-corrected chi connectivity index (χ4v) is 0.0373. The van der Waals surface area contributed by atoms with Crippen molar-refractivity contribution in [2.45, 2.75) is 0 Å². The molecule has 0 heterocycles. The minimum atomic E-state index is -0.824. The molecule has 0 unspecified atom stereocenters. The molecule has 5 heteroatoms. The number of carbonyl (C=O) groups is 1. The summed E-state index contributed by atoms with van der Waals surface area (Å²) in [5, 5.41) is 7.41. The number of hydrogen-bond donors (Lipinski definition) is 2. The van der Waals surface area contributed by atoms with Crippen LogP contribution in [-0.2, 0) is 35.9 Å². The van der Waals surface area contributed by atoms with Crippen LogP contribution in [0.1, 0.15) is 0 Å². The molecule has 0 rings (SSSR count). The summed E-state index contributed by atoms with van der Waals surface area (Å²) < 4.78 is 0. The maximum Gasteiger partial charge on any atom is 2.00 e. The van der Waals surface area contributed by atoms with Crippen molar-refractivity contribution < 1.29 is 41.1 Å². The predicted octanol–water partition coefficient (Wildman–Crippen LogP) is -1.04. The van der Waals surface area contributed by atoms with Crippen LogP contribution < -0.4 is 5.73 Å². The predicted molar refractivity (Wildman–Crippen MR) is 17.8 cm³/mol. The van der Waals surface area contributed by atoms with Crippen LogP contribution in [0.25, 0.3) is 0 Å². The van der Waals surface area contributed by atoms with Gasteiger partial charge in [-0.25, -0.2) is 4.79 Å². The summed E-state index contributed by atoms with van der Waals surface area (Å²) in [7, 11) is 0. The average molecular weight is 182 g/mol. The molecule has 0 aromatic heterocycles. The number of nitrogens with two attached hydrogens (primary N) is 1. The normalized spacial score (nSPS) is 6.57. The van der Waals surface area contributed by atoms with Gasteiger partial charge >= 0.3 is 32.2 Å². The Morgan fingerprint density at radius 1 is 1.86 bits per heavy atom. The first-order chi connectivity index (χ1) is 2.81. The largest absolute Gasteiger partial charge is 2.00 e. The van der Waals surface area contributed by atoms with E-state index in [1.54, 1.807) is 0 Å². The van der Waals surface area contributed by atoms with Gasteiger partial charge in [-0.1, -0.05) is 0 Å². The Kier molecular flexibility index (Phi) is 9.22. The molecule has 7 heavy (non-hydrogen) atoms. The first kappa shape index (κ1) is 10.3. The van der Waals surface area contributed by atoms with E-state index >= 15 is 0 Å². The van der Waals surface area contributed by atoms with Gasteiger partial charge < -0.3 is 5.73 Å². The molecule has 0 aliphatic rings. The Morgan fingerprint density at radius 3 is 2.29 bits per heavy atom. The second-order valence-electron chi connectivity index (χ2n) is 0.667. The zero-order valence-corrected chi connectivity index (χ0v) is 6.01. The fourth-order valence-electron chi connectivity index (χ4n) is 0.0373. The van der Waals surface area contributed by atoms with E-state index in [1.165, 1.54) is 0 Å². The van der Waals surface area contributed by atoms with E-state index in [2.05, 4.69) is 10.6 Å². The minimum Gasteiger partial charge on any atom is -0.321 e. The standard InChI is InChI=1S/C2H5NO3.Zr/c3-1-2(4)6-5;/h5H,1,3H2;/q;+2. The summed E-state index contributed by atoms with van der Waals surface area (Å²) >= 11 is 0. The van der Waals surface area contributed by atoms with Crippen molar-refractivity contribution in [3.8, 4) is 0 Å². The van der Waals surface area contributed by atoms with E-state index in [-0.39, 0.29) is 32.7 Å². The summed E-state index contributed by atoms with van der Waals surface area (Å²) in [4.78, 5) is 12.7. The van der Waals surface area contributed by atoms with Crippen LogP contribution in [0.15, 0.2) is 0 Å². The summed E-state index contributed by atoms with van der Waals surface area (Å²) in [6, 6.07) is 0. The van der Waals surface area contributed by atoms with E-state index in [9.17, 15) is 4.79 Å². The molecule has 0 aromatic carbocycles. The van der Waals surface area contributed by atoms with Crippen molar-refractivity contribution in [2.75, 3.05) is 6.54 Å². The molecule has 0 amide bonds. The van der Waals surface area contributed by atoms with Gasteiger partial charge in [-0.15, -0.1) is 0 Å². The van der Waals surface area contributed by atoms with Crippen LogP contribution in [-0.4, -0.2) is 17.8 Å². The van der Waals surface area contributed by atoms with E-state index in [1.807, 2.05) is 0 Å². The van der Waals surface area contributed by atoms with Gasteiger partial charge in [0.2, 0.25) is 0 Å². The third-order valence-electron chi connectivity index (χ3n) is 0.268. The topological polar surface area (TPSA) is 72.6 Å². The Morgan fingerprint density at radius 2 is 2.29 bits per heavy atom. The molecular formula is C2H5NO3Zr+2. The minimum absolute atomic E-state index is 0. The fraction of sp³-hybridized carbons (Fsp3) is 0.500. The zero-order chi connectivity index (χ0) is 4.99. The number of rotatable bonds is 1. The molecule has 0 bridgehead atoms. The Balaban J connectivity index is 0. The average Bonchev–Trinajstić information content (AvgIpc) is 1.65. The summed E-state index contributed by atoms with van der Waals surface area (Å²) in [5.41, 5.74) is 4.65. The molecule has 0 spiro atoms. The quantitative estimate of drug-likeness (QED) is 0.401. The van der Waals surface area contributed by atoms with E-state index in [0.29, 0.717) is 0 Å². The number of hydrogen-bond acceptors (Lipinski definition) is 4. The third-order valence-corrected chi connectivity index (χ3v) is 0.268. The van der Waals surface area contributed by atoms with Crippen molar-refractivity contribution in [3.63, 3.8) is 0 Å². The van der Waals surface area contributed by atoms with Crippen LogP contribution in [0.2, 0.25) is 0 Å². The van der Waals surface area contributed by atoms with Gasteiger partial charge in [0, 0.05) is 0 Å².